The van der Waals surface area contributed by atoms with E-state index in [0.717, 1.165) is 16.9 Å². The largest absolute Gasteiger partial charge is 0.491 e. The minimum Gasteiger partial charge on any atom is -0.491 e. The Bertz CT molecular complexity index is 511. The van der Waals surface area contributed by atoms with Gasteiger partial charge in [-0.05, 0) is 25.5 Å². The topological polar surface area (TPSA) is 30.5 Å². The van der Waals surface area contributed by atoms with Crippen LogP contribution in [0, 0.1) is 0 Å². The first-order valence-electron chi connectivity index (χ1n) is 6.89. The first-order chi connectivity index (χ1) is 9.75. The molecule has 1 N–H and O–H groups in total. The fourth-order valence-corrected chi connectivity index (χ4v) is 1.86. The van der Waals surface area contributed by atoms with Crippen LogP contribution in [-0.4, -0.2) is 6.10 Å². The lowest BCUT2D eigenvalue weighted by molar-refractivity contribution is 0.0229. The van der Waals surface area contributed by atoms with Crippen LogP contribution >= 0.6 is 0 Å². The summed E-state index contributed by atoms with van der Waals surface area (Å²) in [5, 5.41) is 0. The lowest BCUT2D eigenvalue weighted by atomic mass is 10.2. The second-order valence-corrected chi connectivity index (χ2v) is 4.87. The van der Waals surface area contributed by atoms with E-state index in [-0.39, 0.29) is 6.10 Å². The number of benzene rings is 2. The molecule has 2 aromatic rings. The first kappa shape index (κ1) is 14.6. The molecule has 0 spiro atoms. The van der Waals surface area contributed by atoms with E-state index in [1.54, 1.807) is 0 Å². The summed E-state index contributed by atoms with van der Waals surface area (Å²) in [6.45, 7) is 5.22. The first-order valence-corrected chi connectivity index (χ1v) is 6.89. The summed E-state index contributed by atoms with van der Waals surface area (Å²) in [6, 6.07) is 18.1. The third-order valence-electron chi connectivity index (χ3n) is 2.78. The molecule has 0 saturated carbocycles. The van der Waals surface area contributed by atoms with Gasteiger partial charge in [-0.3, -0.25) is 4.84 Å². The molecule has 0 atom stereocenters. The van der Waals surface area contributed by atoms with Crippen LogP contribution in [0.15, 0.2) is 54.6 Å². The lowest BCUT2D eigenvalue weighted by Crippen LogP contribution is -2.15. The molecular weight excluding hydrogens is 250 g/mol. The Morgan fingerprint density at radius 3 is 2.40 bits per heavy atom. The van der Waals surface area contributed by atoms with Gasteiger partial charge in [0.1, 0.15) is 5.75 Å². The third kappa shape index (κ3) is 4.68. The fraction of sp³-hybridized carbons (Fsp3) is 0.294. The summed E-state index contributed by atoms with van der Waals surface area (Å²) in [4.78, 5) is 5.48. The van der Waals surface area contributed by atoms with Crippen molar-refractivity contribution in [2.75, 3.05) is 0 Å². The van der Waals surface area contributed by atoms with Crippen LogP contribution in [0.4, 0.5) is 0 Å². The molecule has 0 bridgehead atoms. The van der Waals surface area contributed by atoms with Gasteiger partial charge in [-0.2, -0.15) is 5.48 Å². The highest BCUT2D eigenvalue weighted by atomic mass is 16.6. The molecular formula is C17H21NO2. The highest BCUT2D eigenvalue weighted by Gasteiger charge is 2.04. The van der Waals surface area contributed by atoms with E-state index >= 15 is 0 Å². The van der Waals surface area contributed by atoms with E-state index in [2.05, 4.69) is 5.48 Å². The van der Waals surface area contributed by atoms with E-state index in [4.69, 9.17) is 9.57 Å². The molecule has 0 heterocycles. The van der Waals surface area contributed by atoms with Crippen LogP contribution in [-0.2, 0) is 18.0 Å². The zero-order valence-corrected chi connectivity index (χ0v) is 12.0. The number of ether oxygens (including phenoxy) is 1. The average Bonchev–Trinajstić information content (AvgIpc) is 2.46. The molecule has 3 nitrogen and oxygen atoms in total. The number of para-hydroxylation sites is 1. The maximum absolute atomic E-state index is 5.77. The minimum absolute atomic E-state index is 0.168. The van der Waals surface area contributed by atoms with E-state index in [1.165, 1.54) is 0 Å². The van der Waals surface area contributed by atoms with Gasteiger partial charge < -0.3 is 4.74 Å². The second kappa shape index (κ2) is 7.68. The van der Waals surface area contributed by atoms with Gasteiger partial charge in [-0.1, -0.05) is 48.5 Å². The molecule has 0 saturated heterocycles. The van der Waals surface area contributed by atoms with Gasteiger partial charge in [0.05, 0.1) is 12.7 Å². The number of hydrogen-bond acceptors (Lipinski definition) is 3. The van der Waals surface area contributed by atoms with Crippen LogP contribution < -0.4 is 10.2 Å². The van der Waals surface area contributed by atoms with Crippen LogP contribution in [0.25, 0.3) is 0 Å². The molecule has 0 radical (unpaired) electrons. The normalized spacial score (nSPS) is 10.8. The van der Waals surface area contributed by atoms with Gasteiger partial charge in [-0.25, -0.2) is 0 Å². The van der Waals surface area contributed by atoms with Gasteiger partial charge in [0.2, 0.25) is 0 Å². The van der Waals surface area contributed by atoms with Crippen molar-refractivity contribution in [3.63, 3.8) is 0 Å². The second-order valence-electron chi connectivity index (χ2n) is 4.87. The predicted octanol–water partition coefficient (Wildman–Crippen LogP) is 3.70. The number of hydroxylamine groups is 1. The highest BCUT2D eigenvalue weighted by molar-refractivity contribution is 5.33. The van der Waals surface area contributed by atoms with Crippen LogP contribution in [0.1, 0.15) is 25.0 Å². The Morgan fingerprint density at radius 1 is 0.950 bits per heavy atom. The maximum atomic E-state index is 5.77. The van der Waals surface area contributed by atoms with Crippen molar-refractivity contribution in [1.82, 2.24) is 5.48 Å². The maximum Gasteiger partial charge on any atom is 0.124 e. The molecule has 0 unspecified atom stereocenters. The van der Waals surface area contributed by atoms with E-state index < -0.39 is 0 Å². The van der Waals surface area contributed by atoms with Crippen LogP contribution in [0.2, 0.25) is 0 Å². The van der Waals surface area contributed by atoms with E-state index in [0.29, 0.717) is 13.2 Å². The summed E-state index contributed by atoms with van der Waals surface area (Å²) in [7, 11) is 0. The average molecular weight is 271 g/mol. The van der Waals surface area contributed by atoms with Gasteiger partial charge >= 0.3 is 0 Å². The fourth-order valence-electron chi connectivity index (χ4n) is 1.86. The summed E-state index contributed by atoms with van der Waals surface area (Å²) >= 11 is 0. The van der Waals surface area contributed by atoms with Crippen molar-refractivity contribution >= 4 is 0 Å². The molecule has 2 aromatic carbocycles. The number of hydrogen-bond donors (Lipinski definition) is 1. The molecule has 0 fully saturated rings. The third-order valence-corrected chi connectivity index (χ3v) is 2.78. The van der Waals surface area contributed by atoms with Crippen molar-refractivity contribution in [2.45, 2.75) is 33.1 Å². The van der Waals surface area contributed by atoms with Crippen LogP contribution in [0.5, 0.6) is 5.75 Å². The smallest absolute Gasteiger partial charge is 0.124 e. The van der Waals surface area contributed by atoms with Gasteiger partial charge in [-0.15, -0.1) is 0 Å². The molecule has 0 aromatic heterocycles. The van der Waals surface area contributed by atoms with Gasteiger partial charge in [0.25, 0.3) is 0 Å². The quantitative estimate of drug-likeness (QED) is 0.615. The molecule has 0 aliphatic heterocycles. The van der Waals surface area contributed by atoms with Gasteiger partial charge in [0, 0.05) is 12.1 Å². The zero-order valence-electron chi connectivity index (χ0n) is 12.0. The Balaban J connectivity index is 1.82. The molecule has 0 aliphatic rings. The Hall–Kier alpha value is -1.84. The summed E-state index contributed by atoms with van der Waals surface area (Å²) in [5.74, 6) is 0.901. The lowest BCUT2D eigenvalue weighted by Gasteiger charge is -2.14. The SMILES string of the molecule is CC(C)Oc1ccccc1CNOCc1ccccc1. The Labute approximate surface area is 120 Å². The minimum atomic E-state index is 0.168. The Kier molecular flexibility index (Phi) is 5.59. The predicted molar refractivity (Wildman–Crippen MR) is 80.3 cm³/mol. The molecule has 0 amide bonds. The summed E-state index contributed by atoms with van der Waals surface area (Å²) in [6.07, 6.45) is 0.168. The van der Waals surface area contributed by atoms with Crippen molar-refractivity contribution < 1.29 is 9.57 Å². The number of nitrogens with one attached hydrogen (secondary N) is 1. The molecule has 2 rings (SSSR count). The highest BCUT2D eigenvalue weighted by Crippen LogP contribution is 2.19. The van der Waals surface area contributed by atoms with E-state index in [9.17, 15) is 0 Å². The molecule has 20 heavy (non-hydrogen) atoms. The Morgan fingerprint density at radius 2 is 1.65 bits per heavy atom. The van der Waals surface area contributed by atoms with Crippen LogP contribution in [0.3, 0.4) is 0 Å². The molecule has 106 valence electrons. The van der Waals surface area contributed by atoms with Crippen molar-refractivity contribution in [1.29, 1.82) is 0 Å². The molecule has 0 aliphatic carbocycles. The van der Waals surface area contributed by atoms with Crippen molar-refractivity contribution in [3.8, 4) is 5.75 Å². The standard InChI is InChI=1S/C17H21NO2/c1-14(2)20-17-11-7-6-10-16(17)12-18-19-13-15-8-4-3-5-9-15/h3-11,14,18H,12-13H2,1-2H3. The molecule has 3 heteroatoms. The summed E-state index contributed by atoms with van der Waals surface area (Å²) < 4.78 is 5.77. The van der Waals surface area contributed by atoms with Crippen molar-refractivity contribution in [2.24, 2.45) is 0 Å². The monoisotopic (exact) mass is 271 g/mol. The summed E-state index contributed by atoms with van der Waals surface area (Å²) in [5.41, 5.74) is 5.22. The van der Waals surface area contributed by atoms with Gasteiger partial charge in [0.15, 0.2) is 0 Å². The van der Waals surface area contributed by atoms with Crippen molar-refractivity contribution in [3.05, 3.63) is 65.7 Å². The zero-order chi connectivity index (χ0) is 14.2. The van der Waals surface area contributed by atoms with E-state index in [1.807, 2.05) is 68.4 Å². The number of rotatable bonds is 7.